The third-order valence-electron chi connectivity index (χ3n) is 5.32. The number of esters is 1. The van der Waals surface area contributed by atoms with E-state index in [2.05, 4.69) is 36.0 Å². The summed E-state index contributed by atoms with van der Waals surface area (Å²) in [5.74, 6) is -0.0868. The lowest BCUT2D eigenvalue weighted by Gasteiger charge is -2.47. The molecule has 1 heterocycles. The Bertz CT molecular complexity index is 359. The molecule has 5 heteroatoms. The molecular weight excluding hydrogens is 266 g/mol. The molecule has 1 saturated carbocycles. The fourth-order valence-corrected chi connectivity index (χ4v) is 3.92. The van der Waals surface area contributed by atoms with E-state index >= 15 is 0 Å². The van der Waals surface area contributed by atoms with Crippen LogP contribution in [0.5, 0.6) is 0 Å². The number of likely N-dealkylation sites (N-methyl/N-ethyl adjacent to an activating group) is 2. The monoisotopic (exact) mass is 297 g/mol. The van der Waals surface area contributed by atoms with Crippen LogP contribution >= 0.6 is 0 Å². The standard InChI is InChI=1S/C16H31N3O2/c1-5-17-16(15(20)21-4)8-6-7-14(11-16)19-10-9-18(3)13(2)12-19/h13-14,17H,5-12H2,1-4H3. The van der Waals surface area contributed by atoms with Gasteiger partial charge in [0.05, 0.1) is 7.11 Å². The van der Waals surface area contributed by atoms with Gasteiger partial charge in [0.25, 0.3) is 0 Å². The zero-order chi connectivity index (χ0) is 15.5. The second kappa shape index (κ2) is 7.07. The molecule has 3 atom stereocenters. The molecule has 0 aromatic rings. The van der Waals surface area contributed by atoms with Crippen molar-refractivity contribution in [1.82, 2.24) is 15.1 Å². The van der Waals surface area contributed by atoms with Gasteiger partial charge in [-0.1, -0.05) is 6.92 Å². The van der Waals surface area contributed by atoms with Gasteiger partial charge in [0.2, 0.25) is 0 Å². The molecule has 2 rings (SSSR count). The van der Waals surface area contributed by atoms with Crippen LogP contribution in [0, 0.1) is 0 Å². The van der Waals surface area contributed by atoms with Crippen LogP contribution in [-0.4, -0.2) is 73.7 Å². The van der Waals surface area contributed by atoms with Crippen molar-refractivity contribution >= 4 is 5.97 Å². The molecule has 2 aliphatic rings. The lowest BCUT2D eigenvalue weighted by molar-refractivity contribution is -0.151. The highest BCUT2D eigenvalue weighted by Crippen LogP contribution is 2.33. The van der Waals surface area contributed by atoms with E-state index in [-0.39, 0.29) is 5.97 Å². The number of piperazine rings is 1. The van der Waals surface area contributed by atoms with Gasteiger partial charge < -0.3 is 15.0 Å². The minimum Gasteiger partial charge on any atom is -0.468 e. The first-order valence-corrected chi connectivity index (χ1v) is 8.30. The Morgan fingerprint density at radius 3 is 2.81 bits per heavy atom. The lowest BCUT2D eigenvalue weighted by atomic mass is 9.78. The number of rotatable bonds is 4. The highest BCUT2D eigenvalue weighted by molar-refractivity contribution is 5.81. The van der Waals surface area contributed by atoms with Gasteiger partial charge in [-0.25, -0.2) is 0 Å². The van der Waals surface area contributed by atoms with E-state index in [0.29, 0.717) is 12.1 Å². The van der Waals surface area contributed by atoms with Gasteiger partial charge in [0.1, 0.15) is 5.54 Å². The van der Waals surface area contributed by atoms with Crippen molar-refractivity contribution < 1.29 is 9.53 Å². The zero-order valence-corrected chi connectivity index (χ0v) is 14.0. The average molecular weight is 297 g/mol. The number of hydrogen-bond donors (Lipinski definition) is 1. The van der Waals surface area contributed by atoms with Crippen molar-refractivity contribution in [2.24, 2.45) is 0 Å². The van der Waals surface area contributed by atoms with Crippen LogP contribution < -0.4 is 5.32 Å². The number of ether oxygens (including phenoxy) is 1. The molecule has 122 valence electrons. The van der Waals surface area contributed by atoms with Crippen LogP contribution in [0.2, 0.25) is 0 Å². The summed E-state index contributed by atoms with van der Waals surface area (Å²) in [7, 11) is 3.70. The van der Waals surface area contributed by atoms with Crippen molar-refractivity contribution in [2.75, 3.05) is 40.3 Å². The first-order valence-electron chi connectivity index (χ1n) is 8.30. The number of hydrogen-bond acceptors (Lipinski definition) is 5. The van der Waals surface area contributed by atoms with E-state index in [0.717, 1.165) is 45.4 Å². The molecule has 2 fully saturated rings. The lowest BCUT2D eigenvalue weighted by Crippen LogP contribution is -2.61. The Hall–Kier alpha value is -0.650. The SMILES string of the molecule is CCNC1(C(=O)OC)CCCC(N2CCN(C)C(C)C2)C1. The normalized spacial score (nSPS) is 35.6. The summed E-state index contributed by atoms with van der Waals surface area (Å²) < 4.78 is 5.09. The summed E-state index contributed by atoms with van der Waals surface area (Å²) in [4.78, 5) is 17.3. The quantitative estimate of drug-likeness (QED) is 0.787. The summed E-state index contributed by atoms with van der Waals surface area (Å²) >= 11 is 0. The van der Waals surface area contributed by atoms with Gasteiger partial charge in [0.15, 0.2) is 0 Å². The zero-order valence-electron chi connectivity index (χ0n) is 14.0. The molecule has 0 radical (unpaired) electrons. The van der Waals surface area contributed by atoms with Gasteiger partial charge in [-0.05, 0) is 46.2 Å². The molecule has 0 aromatic heterocycles. The van der Waals surface area contributed by atoms with Gasteiger partial charge in [0, 0.05) is 31.7 Å². The van der Waals surface area contributed by atoms with Gasteiger partial charge in [-0.15, -0.1) is 0 Å². The fourth-order valence-electron chi connectivity index (χ4n) is 3.92. The predicted octanol–water partition coefficient (Wildman–Crippen LogP) is 1.09. The maximum atomic E-state index is 12.3. The Balaban J connectivity index is 2.06. The van der Waals surface area contributed by atoms with Crippen LogP contribution in [0.3, 0.4) is 0 Å². The maximum Gasteiger partial charge on any atom is 0.326 e. The predicted molar refractivity (Wildman–Crippen MR) is 84.3 cm³/mol. The minimum absolute atomic E-state index is 0.0868. The first kappa shape index (κ1) is 16.7. The summed E-state index contributed by atoms with van der Waals surface area (Å²) in [5, 5.41) is 3.43. The van der Waals surface area contributed by atoms with E-state index in [1.54, 1.807) is 0 Å². The third-order valence-corrected chi connectivity index (χ3v) is 5.32. The topological polar surface area (TPSA) is 44.8 Å². The van der Waals surface area contributed by atoms with Crippen LogP contribution in [0.4, 0.5) is 0 Å². The van der Waals surface area contributed by atoms with E-state index in [4.69, 9.17) is 4.74 Å². The highest BCUT2D eigenvalue weighted by Gasteiger charge is 2.45. The van der Waals surface area contributed by atoms with Crippen LogP contribution in [0.1, 0.15) is 39.5 Å². The van der Waals surface area contributed by atoms with Gasteiger partial charge >= 0.3 is 5.97 Å². The van der Waals surface area contributed by atoms with E-state index in [1.807, 2.05) is 0 Å². The van der Waals surface area contributed by atoms with Crippen LogP contribution in [0.25, 0.3) is 0 Å². The van der Waals surface area contributed by atoms with Crippen molar-refractivity contribution in [1.29, 1.82) is 0 Å². The smallest absolute Gasteiger partial charge is 0.326 e. The number of nitrogens with zero attached hydrogens (tertiary/aromatic N) is 2. The molecule has 0 aromatic carbocycles. The van der Waals surface area contributed by atoms with E-state index in [9.17, 15) is 4.79 Å². The molecule has 1 saturated heterocycles. The fraction of sp³-hybridized carbons (Fsp3) is 0.938. The van der Waals surface area contributed by atoms with Crippen LogP contribution in [-0.2, 0) is 9.53 Å². The Morgan fingerprint density at radius 1 is 1.43 bits per heavy atom. The van der Waals surface area contributed by atoms with Crippen molar-refractivity contribution in [2.45, 2.75) is 57.2 Å². The van der Waals surface area contributed by atoms with E-state index < -0.39 is 5.54 Å². The molecule has 3 unspecified atom stereocenters. The molecule has 0 bridgehead atoms. The molecule has 0 spiro atoms. The summed E-state index contributed by atoms with van der Waals surface area (Å²) in [6, 6.07) is 1.08. The van der Waals surface area contributed by atoms with Crippen molar-refractivity contribution in [3.8, 4) is 0 Å². The molecule has 1 aliphatic carbocycles. The van der Waals surface area contributed by atoms with Crippen LogP contribution in [0.15, 0.2) is 0 Å². The van der Waals surface area contributed by atoms with Crippen molar-refractivity contribution in [3.63, 3.8) is 0 Å². The third kappa shape index (κ3) is 3.58. The average Bonchev–Trinajstić information content (AvgIpc) is 2.49. The summed E-state index contributed by atoms with van der Waals surface area (Å²) in [6.45, 7) is 8.48. The molecular formula is C16H31N3O2. The Labute approximate surface area is 129 Å². The van der Waals surface area contributed by atoms with Gasteiger partial charge in [-0.3, -0.25) is 9.69 Å². The first-order chi connectivity index (χ1) is 10.0. The largest absolute Gasteiger partial charge is 0.468 e. The molecule has 0 amide bonds. The molecule has 1 N–H and O–H groups in total. The Kier molecular flexibility index (Phi) is 5.63. The molecule has 21 heavy (non-hydrogen) atoms. The van der Waals surface area contributed by atoms with Crippen molar-refractivity contribution in [3.05, 3.63) is 0 Å². The minimum atomic E-state index is -0.473. The number of carbonyl (C=O) groups is 1. The second-order valence-electron chi connectivity index (χ2n) is 6.68. The number of methoxy groups -OCH3 is 1. The van der Waals surface area contributed by atoms with E-state index in [1.165, 1.54) is 13.5 Å². The molecule has 5 nitrogen and oxygen atoms in total. The number of nitrogens with one attached hydrogen (secondary N) is 1. The second-order valence-corrected chi connectivity index (χ2v) is 6.68. The maximum absolute atomic E-state index is 12.3. The summed E-state index contributed by atoms with van der Waals surface area (Å²) in [6.07, 6.45) is 4.06. The summed E-state index contributed by atoms with van der Waals surface area (Å²) in [5.41, 5.74) is -0.473. The van der Waals surface area contributed by atoms with Gasteiger partial charge in [-0.2, -0.15) is 0 Å². The highest BCUT2D eigenvalue weighted by atomic mass is 16.5. The Morgan fingerprint density at radius 2 is 2.19 bits per heavy atom. The number of carbonyl (C=O) groups excluding carboxylic acids is 1. The molecule has 1 aliphatic heterocycles.